The lowest BCUT2D eigenvalue weighted by molar-refractivity contribution is -0.136. The predicted octanol–water partition coefficient (Wildman–Crippen LogP) is 3.51. The highest BCUT2D eigenvalue weighted by Crippen LogP contribution is 2.31. The number of carbonyl (C=O) groups is 1. The van der Waals surface area contributed by atoms with Crippen LogP contribution in [0.25, 0.3) is 0 Å². The molecule has 0 aliphatic carbocycles. The smallest absolute Gasteiger partial charge is 0.305 e. The number of aryl methyl sites for hydroxylation is 2. The van der Waals surface area contributed by atoms with Crippen molar-refractivity contribution in [2.24, 2.45) is 0 Å². The van der Waals surface area contributed by atoms with Gasteiger partial charge in [-0.3, -0.25) is 4.79 Å². The molecule has 4 nitrogen and oxygen atoms in total. The molecule has 0 bridgehead atoms. The third kappa shape index (κ3) is 2.96. The molecule has 1 aromatic heterocycles. The van der Waals surface area contributed by atoms with Crippen molar-refractivity contribution in [2.75, 3.05) is 11.4 Å². The molecule has 100 valence electrons. The van der Waals surface area contributed by atoms with Crippen molar-refractivity contribution in [3.05, 3.63) is 47.7 Å². The van der Waals surface area contributed by atoms with Crippen LogP contribution in [-0.4, -0.2) is 17.6 Å². The number of hydrogen-bond acceptors (Lipinski definition) is 3. The molecule has 2 rings (SSSR count). The average molecular weight is 259 g/mol. The van der Waals surface area contributed by atoms with Crippen LogP contribution in [0, 0.1) is 13.8 Å². The Morgan fingerprint density at radius 2 is 1.89 bits per heavy atom. The summed E-state index contributed by atoms with van der Waals surface area (Å²) in [5.74, 6) is -0.151. The van der Waals surface area contributed by atoms with Crippen LogP contribution in [0.4, 0.5) is 11.6 Å². The van der Waals surface area contributed by atoms with Gasteiger partial charge in [0.1, 0.15) is 0 Å². The zero-order chi connectivity index (χ0) is 13.8. The normalized spacial score (nSPS) is 10.4. The number of aliphatic carboxylic acids is 1. The summed E-state index contributed by atoms with van der Waals surface area (Å²) in [6.45, 7) is 4.41. The molecule has 2 aromatic rings. The number of furan rings is 1. The Kier molecular flexibility index (Phi) is 3.90. The van der Waals surface area contributed by atoms with Gasteiger partial charge in [-0.05, 0) is 31.0 Å². The molecule has 0 atom stereocenters. The first-order valence-electron chi connectivity index (χ1n) is 6.18. The zero-order valence-corrected chi connectivity index (χ0v) is 11.1. The maximum absolute atomic E-state index is 10.8. The van der Waals surface area contributed by atoms with Gasteiger partial charge in [0.2, 0.25) is 0 Å². The van der Waals surface area contributed by atoms with Gasteiger partial charge in [0.25, 0.3) is 0 Å². The number of hydrogen-bond donors (Lipinski definition) is 1. The highest BCUT2D eigenvalue weighted by molar-refractivity contribution is 5.71. The predicted molar refractivity (Wildman–Crippen MR) is 73.9 cm³/mol. The monoisotopic (exact) mass is 259 g/mol. The second kappa shape index (κ2) is 5.61. The number of anilines is 2. The van der Waals surface area contributed by atoms with Crippen LogP contribution in [0.1, 0.15) is 17.5 Å². The molecule has 1 aromatic carbocycles. The molecule has 0 amide bonds. The molecule has 0 saturated carbocycles. The molecule has 0 radical (unpaired) electrons. The van der Waals surface area contributed by atoms with Crippen molar-refractivity contribution in [3.63, 3.8) is 0 Å². The van der Waals surface area contributed by atoms with Gasteiger partial charge in [0.15, 0.2) is 5.88 Å². The van der Waals surface area contributed by atoms with Crippen LogP contribution < -0.4 is 4.90 Å². The minimum absolute atomic E-state index is 0.0640. The summed E-state index contributed by atoms with van der Waals surface area (Å²) in [5.41, 5.74) is 3.21. The van der Waals surface area contributed by atoms with Crippen molar-refractivity contribution >= 4 is 17.5 Å². The van der Waals surface area contributed by atoms with E-state index >= 15 is 0 Å². The molecule has 4 heteroatoms. The number of benzene rings is 1. The fourth-order valence-corrected chi connectivity index (χ4v) is 2.19. The van der Waals surface area contributed by atoms with E-state index in [1.165, 1.54) is 0 Å². The maximum Gasteiger partial charge on any atom is 0.305 e. The summed E-state index contributed by atoms with van der Waals surface area (Å²) in [4.78, 5) is 12.7. The molecule has 0 saturated heterocycles. The van der Waals surface area contributed by atoms with Gasteiger partial charge in [-0.1, -0.05) is 18.2 Å². The van der Waals surface area contributed by atoms with Crippen LogP contribution in [0.15, 0.2) is 41.0 Å². The Balaban J connectivity index is 2.40. The topological polar surface area (TPSA) is 53.7 Å². The summed E-state index contributed by atoms with van der Waals surface area (Å²) < 4.78 is 5.43. The van der Waals surface area contributed by atoms with Gasteiger partial charge in [-0.2, -0.15) is 0 Å². The van der Waals surface area contributed by atoms with E-state index in [0.717, 1.165) is 16.8 Å². The molecular weight excluding hydrogens is 242 g/mol. The van der Waals surface area contributed by atoms with Crippen LogP contribution in [0.2, 0.25) is 0 Å². The molecule has 0 spiro atoms. The fourth-order valence-electron chi connectivity index (χ4n) is 2.19. The quantitative estimate of drug-likeness (QED) is 0.892. The number of para-hydroxylation sites is 1. The molecule has 1 heterocycles. The van der Waals surface area contributed by atoms with Crippen molar-refractivity contribution in [2.45, 2.75) is 20.3 Å². The van der Waals surface area contributed by atoms with Gasteiger partial charge in [-0.15, -0.1) is 0 Å². The number of rotatable bonds is 5. The third-order valence-electron chi connectivity index (χ3n) is 3.03. The zero-order valence-electron chi connectivity index (χ0n) is 11.1. The summed E-state index contributed by atoms with van der Waals surface area (Å²) in [6, 6.07) is 9.66. The van der Waals surface area contributed by atoms with E-state index in [-0.39, 0.29) is 6.42 Å². The lowest BCUT2D eigenvalue weighted by Gasteiger charge is -2.25. The van der Waals surface area contributed by atoms with Gasteiger partial charge in [-0.25, -0.2) is 0 Å². The first-order valence-corrected chi connectivity index (χ1v) is 6.18. The summed E-state index contributed by atoms with van der Waals surface area (Å²) in [7, 11) is 0. The first kappa shape index (κ1) is 13.2. The van der Waals surface area contributed by atoms with Gasteiger partial charge in [0.05, 0.1) is 12.7 Å². The highest BCUT2D eigenvalue weighted by Gasteiger charge is 2.17. The number of nitrogens with zero attached hydrogens (tertiary/aromatic N) is 1. The van der Waals surface area contributed by atoms with Crippen LogP contribution in [0.3, 0.4) is 0 Å². The number of carboxylic acids is 1. The molecular formula is C15H17NO3. The average Bonchev–Trinajstić information content (AvgIpc) is 2.86. The van der Waals surface area contributed by atoms with Crippen LogP contribution >= 0.6 is 0 Å². The SMILES string of the molecule is Cc1cccc(C)c1N(CCC(=O)O)c1ccco1. The Bertz CT molecular complexity index is 541. The van der Waals surface area contributed by atoms with E-state index in [0.29, 0.717) is 12.4 Å². The highest BCUT2D eigenvalue weighted by atomic mass is 16.4. The molecule has 0 aliphatic rings. The summed E-state index contributed by atoms with van der Waals surface area (Å²) in [6.07, 6.45) is 1.66. The lowest BCUT2D eigenvalue weighted by atomic mass is 10.1. The van der Waals surface area contributed by atoms with E-state index in [9.17, 15) is 4.79 Å². The summed E-state index contributed by atoms with van der Waals surface area (Å²) >= 11 is 0. The van der Waals surface area contributed by atoms with Gasteiger partial charge >= 0.3 is 5.97 Å². The maximum atomic E-state index is 10.8. The minimum Gasteiger partial charge on any atom is -0.481 e. The van der Waals surface area contributed by atoms with E-state index in [2.05, 4.69) is 0 Å². The summed E-state index contributed by atoms with van der Waals surface area (Å²) in [5, 5.41) is 8.89. The van der Waals surface area contributed by atoms with E-state index in [1.54, 1.807) is 12.3 Å². The molecule has 0 fully saturated rings. The number of carboxylic acid groups (broad SMARTS) is 1. The lowest BCUT2D eigenvalue weighted by Crippen LogP contribution is -2.22. The molecule has 1 N–H and O–H groups in total. The Morgan fingerprint density at radius 1 is 1.21 bits per heavy atom. The van der Waals surface area contributed by atoms with E-state index in [4.69, 9.17) is 9.52 Å². The third-order valence-corrected chi connectivity index (χ3v) is 3.03. The Morgan fingerprint density at radius 3 is 2.42 bits per heavy atom. The molecule has 0 unspecified atom stereocenters. The first-order chi connectivity index (χ1) is 9.09. The largest absolute Gasteiger partial charge is 0.481 e. The van der Waals surface area contributed by atoms with E-state index in [1.807, 2.05) is 43.0 Å². The molecule has 0 aliphatic heterocycles. The second-order valence-corrected chi connectivity index (χ2v) is 4.49. The van der Waals surface area contributed by atoms with Crippen molar-refractivity contribution in [1.29, 1.82) is 0 Å². The van der Waals surface area contributed by atoms with E-state index < -0.39 is 5.97 Å². The van der Waals surface area contributed by atoms with Crippen molar-refractivity contribution < 1.29 is 14.3 Å². The molecule has 19 heavy (non-hydrogen) atoms. The fraction of sp³-hybridized carbons (Fsp3) is 0.267. The van der Waals surface area contributed by atoms with Crippen molar-refractivity contribution in [3.8, 4) is 0 Å². The van der Waals surface area contributed by atoms with Gasteiger partial charge in [0, 0.05) is 18.3 Å². The standard InChI is InChI=1S/C15H17NO3/c1-11-5-3-6-12(2)15(11)16(9-8-14(17)18)13-7-4-10-19-13/h3-7,10H,8-9H2,1-2H3,(H,17,18). The van der Waals surface area contributed by atoms with Crippen LogP contribution in [0.5, 0.6) is 0 Å². The second-order valence-electron chi connectivity index (χ2n) is 4.49. The van der Waals surface area contributed by atoms with Crippen molar-refractivity contribution in [1.82, 2.24) is 0 Å². The van der Waals surface area contributed by atoms with Gasteiger partial charge < -0.3 is 14.4 Å². The Labute approximate surface area is 112 Å². The minimum atomic E-state index is -0.817. The Hall–Kier alpha value is -2.23. The van der Waals surface area contributed by atoms with Crippen LogP contribution in [-0.2, 0) is 4.79 Å².